The minimum Gasteiger partial charge on any atom is -0.486 e. The lowest BCUT2D eigenvalue weighted by molar-refractivity contribution is -0.132. The zero-order valence-corrected chi connectivity index (χ0v) is 11.0. The van der Waals surface area contributed by atoms with Crippen molar-refractivity contribution in [2.24, 2.45) is 0 Å². The molecule has 0 radical (unpaired) electrons. The summed E-state index contributed by atoms with van der Waals surface area (Å²) >= 11 is 0. The second-order valence-corrected chi connectivity index (χ2v) is 4.34. The van der Waals surface area contributed by atoms with Crippen LogP contribution in [0.3, 0.4) is 0 Å². The monoisotopic (exact) mass is 277 g/mol. The molecule has 0 fully saturated rings. The highest BCUT2D eigenvalue weighted by atomic mass is 16.6. The van der Waals surface area contributed by atoms with Gasteiger partial charge in [0.05, 0.1) is 0 Å². The normalized spacial score (nSPS) is 13.2. The van der Waals surface area contributed by atoms with Gasteiger partial charge in [-0.15, -0.1) is 0 Å². The van der Waals surface area contributed by atoms with E-state index >= 15 is 0 Å². The lowest BCUT2D eigenvalue weighted by Crippen LogP contribution is -2.24. The zero-order valence-electron chi connectivity index (χ0n) is 11.0. The number of benzene rings is 1. The van der Waals surface area contributed by atoms with E-state index in [4.69, 9.17) is 14.6 Å². The third-order valence-electron chi connectivity index (χ3n) is 2.77. The van der Waals surface area contributed by atoms with Crippen molar-refractivity contribution in [3.8, 4) is 11.5 Å². The number of ether oxygens (including phenoxy) is 2. The highest BCUT2D eigenvalue weighted by Gasteiger charge is 2.13. The Kier molecular flexibility index (Phi) is 4.24. The van der Waals surface area contributed by atoms with Gasteiger partial charge in [0.15, 0.2) is 11.5 Å². The average molecular weight is 277 g/mol. The molecule has 6 nitrogen and oxygen atoms in total. The van der Waals surface area contributed by atoms with Crippen molar-refractivity contribution in [3.63, 3.8) is 0 Å². The summed E-state index contributed by atoms with van der Waals surface area (Å²) in [5.41, 5.74) is 0.883. The molecule has 0 saturated heterocycles. The Bertz CT molecular complexity index is 552. The van der Waals surface area contributed by atoms with Crippen LogP contribution in [-0.4, -0.2) is 42.1 Å². The lowest BCUT2D eigenvalue weighted by atomic mass is 10.2. The minimum atomic E-state index is -1.15. The molecular formula is C14H15NO5. The van der Waals surface area contributed by atoms with Gasteiger partial charge >= 0.3 is 5.97 Å². The standard InChI is InChI=1S/C14H15NO5/c1-15(13(16)4-5-14(17)18)9-10-2-3-11-12(8-10)20-7-6-19-11/h2-5,8H,6-7,9H2,1H3,(H,17,18)/b5-4+. The fraction of sp³-hybridized carbons (Fsp3) is 0.286. The van der Waals surface area contributed by atoms with Gasteiger partial charge in [-0.1, -0.05) is 6.07 Å². The maximum atomic E-state index is 11.7. The van der Waals surface area contributed by atoms with Gasteiger partial charge in [-0.2, -0.15) is 0 Å². The molecule has 1 aliphatic heterocycles. The van der Waals surface area contributed by atoms with Crippen LogP contribution in [0.25, 0.3) is 0 Å². The SMILES string of the molecule is CN(Cc1ccc2c(c1)OCCO2)C(=O)/C=C/C(=O)O. The highest BCUT2D eigenvalue weighted by Crippen LogP contribution is 2.30. The van der Waals surface area contributed by atoms with Crippen LogP contribution >= 0.6 is 0 Å². The summed E-state index contributed by atoms with van der Waals surface area (Å²) in [4.78, 5) is 23.4. The van der Waals surface area contributed by atoms with Crippen molar-refractivity contribution in [1.82, 2.24) is 4.90 Å². The summed E-state index contributed by atoms with van der Waals surface area (Å²) in [7, 11) is 1.60. The van der Waals surface area contributed by atoms with Gasteiger partial charge < -0.3 is 19.5 Å². The number of hydrogen-bond donors (Lipinski definition) is 1. The van der Waals surface area contributed by atoms with E-state index in [1.165, 1.54) is 4.90 Å². The molecule has 20 heavy (non-hydrogen) atoms. The van der Waals surface area contributed by atoms with E-state index in [0.717, 1.165) is 17.7 Å². The van der Waals surface area contributed by atoms with Crippen LogP contribution in [0.1, 0.15) is 5.56 Å². The number of hydrogen-bond acceptors (Lipinski definition) is 4. The molecule has 0 atom stereocenters. The summed E-state index contributed by atoms with van der Waals surface area (Å²) in [6.45, 7) is 1.40. The molecule has 1 aromatic carbocycles. The van der Waals surface area contributed by atoms with Crippen LogP contribution in [0.15, 0.2) is 30.4 Å². The second kappa shape index (κ2) is 6.10. The maximum Gasteiger partial charge on any atom is 0.328 e. The van der Waals surface area contributed by atoms with Crippen molar-refractivity contribution in [3.05, 3.63) is 35.9 Å². The van der Waals surface area contributed by atoms with Crippen molar-refractivity contribution < 1.29 is 24.2 Å². The van der Waals surface area contributed by atoms with Gasteiger partial charge in [-0.25, -0.2) is 4.79 Å². The van der Waals surface area contributed by atoms with Crippen LogP contribution in [0, 0.1) is 0 Å². The number of carboxylic acids is 1. The summed E-state index contributed by atoms with van der Waals surface area (Å²) < 4.78 is 10.9. The Morgan fingerprint density at radius 3 is 2.65 bits per heavy atom. The first-order valence-electron chi connectivity index (χ1n) is 6.11. The number of carbonyl (C=O) groups excluding carboxylic acids is 1. The molecule has 6 heteroatoms. The molecule has 0 bridgehead atoms. The van der Waals surface area contributed by atoms with E-state index in [0.29, 0.717) is 31.3 Å². The number of nitrogens with zero attached hydrogens (tertiary/aromatic N) is 1. The van der Waals surface area contributed by atoms with Gasteiger partial charge in [-0.3, -0.25) is 4.79 Å². The quantitative estimate of drug-likeness (QED) is 0.833. The van der Waals surface area contributed by atoms with Gasteiger partial charge in [0, 0.05) is 25.7 Å². The largest absolute Gasteiger partial charge is 0.486 e. The Hall–Kier alpha value is -2.50. The predicted molar refractivity (Wildman–Crippen MR) is 70.7 cm³/mol. The molecule has 0 aliphatic carbocycles. The van der Waals surface area contributed by atoms with Crippen LogP contribution in [-0.2, 0) is 16.1 Å². The molecule has 1 amide bonds. The first kappa shape index (κ1) is 13.9. The fourth-order valence-electron chi connectivity index (χ4n) is 1.81. The van der Waals surface area contributed by atoms with E-state index in [1.54, 1.807) is 13.1 Å². The average Bonchev–Trinajstić information content (AvgIpc) is 2.44. The van der Waals surface area contributed by atoms with Gasteiger partial charge in [0.25, 0.3) is 0 Å². The molecule has 1 aromatic rings. The lowest BCUT2D eigenvalue weighted by Gasteiger charge is -2.20. The van der Waals surface area contributed by atoms with E-state index in [1.807, 2.05) is 12.1 Å². The number of amides is 1. The Labute approximate surface area is 116 Å². The van der Waals surface area contributed by atoms with E-state index in [2.05, 4.69) is 0 Å². The van der Waals surface area contributed by atoms with E-state index < -0.39 is 5.97 Å². The van der Waals surface area contributed by atoms with Crippen LogP contribution in [0.5, 0.6) is 11.5 Å². The number of likely N-dealkylation sites (N-methyl/N-ethyl adjacent to an activating group) is 1. The molecule has 2 rings (SSSR count). The summed E-state index contributed by atoms with van der Waals surface area (Å²) in [5.74, 6) is -0.163. The summed E-state index contributed by atoms with van der Waals surface area (Å²) in [6, 6.07) is 5.46. The summed E-state index contributed by atoms with van der Waals surface area (Å²) in [6.07, 6.45) is 1.85. The number of aliphatic carboxylic acids is 1. The first-order chi connectivity index (χ1) is 9.56. The molecule has 106 valence electrons. The van der Waals surface area contributed by atoms with Crippen molar-refractivity contribution in [2.45, 2.75) is 6.54 Å². The maximum absolute atomic E-state index is 11.7. The topological polar surface area (TPSA) is 76.1 Å². The number of rotatable bonds is 4. The van der Waals surface area contributed by atoms with Crippen molar-refractivity contribution in [2.75, 3.05) is 20.3 Å². The molecule has 1 N–H and O–H groups in total. The Morgan fingerprint density at radius 1 is 1.25 bits per heavy atom. The van der Waals surface area contributed by atoms with Gasteiger partial charge in [-0.05, 0) is 17.7 Å². The smallest absolute Gasteiger partial charge is 0.328 e. The molecule has 0 spiro atoms. The molecule has 1 heterocycles. The molecule has 1 aliphatic rings. The highest BCUT2D eigenvalue weighted by molar-refractivity contribution is 5.93. The third-order valence-corrected chi connectivity index (χ3v) is 2.77. The van der Waals surface area contributed by atoms with Crippen LogP contribution < -0.4 is 9.47 Å². The number of carbonyl (C=O) groups is 2. The Morgan fingerprint density at radius 2 is 1.95 bits per heavy atom. The molecule has 0 aromatic heterocycles. The minimum absolute atomic E-state index is 0.361. The van der Waals surface area contributed by atoms with E-state index in [9.17, 15) is 9.59 Å². The molecular weight excluding hydrogens is 262 g/mol. The van der Waals surface area contributed by atoms with Crippen LogP contribution in [0.2, 0.25) is 0 Å². The van der Waals surface area contributed by atoms with Crippen LogP contribution in [0.4, 0.5) is 0 Å². The predicted octanol–water partition coefficient (Wildman–Crippen LogP) is 1.06. The zero-order chi connectivity index (χ0) is 14.5. The number of fused-ring (bicyclic) bond motifs is 1. The van der Waals surface area contributed by atoms with Gasteiger partial charge in [0.1, 0.15) is 13.2 Å². The van der Waals surface area contributed by atoms with Crippen molar-refractivity contribution >= 4 is 11.9 Å². The Balaban J connectivity index is 2.02. The number of carboxylic acid groups (broad SMARTS) is 1. The second-order valence-electron chi connectivity index (χ2n) is 4.34. The van der Waals surface area contributed by atoms with Crippen molar-refractivity contribution in [1.29, 1.82) is 0 Å². The molecule has 0 saturated carbocycles. The summed E-state index contributed by atoms with van der Waals surface area (Å²) in [5, 5.41) is 8.48. The first-order valence-corrected chi connectivity index (χ1v) is 6.11. The molecule has 0 unspecified atom stereocenters. The van der Waals surface area contributed by atoms with E-state index in [-0.39, 0.29) is 5.91 Å². The fourth-order valence-corrected chi connectivity index (χ4v) is 1.81. The third kappa shape index (κ3) is 3.50. The van der Waals surface area contributed by atoms with Gasteiger partial charge in [0.2, 0.25) is 5.91 Å².